The van der Waals surface area contributed by atoms with E-state index in [1.165, 1.54) is 11.8 Å². The zero-order chi connectivity index (χ0) is 11.4. The molecule has 0 aromatic heterocycles. The molecule has 0 spiro atoms. The number of fused-ring (bicyclic) bond motifs is 1. The van der Waals surface area contributed by atoms with Crippen molar-refractivity contribution in [2.75, 3.05) is 6.54 Å². The van der Waals surface area contributed by atoms with Gasteiger partial charge in [-0.1, -0.05) is 6.92 Å². The number of likely N-dealkylation sites (tertiary alicyclic amines) is 1. The van der Waals surface area contributed by atoms with Crippen molar-refractivity contribution < 1.29 is 18.4 Å². The number of Topliss-reactive ketones (excluding diaryl/α,β-unsaturated/α-hetero) is 1. The van der Waals surface area contributed by atoms with Crippen LogP contribution in [0.1, 0.15) is 20.3 Å². The summed E-state index contributed by atoms with van der Waals surface area (Å²) in [5, 5.41) is 0. The largest absolute Gasteiger partial charge is 0.332 e. The molecule has 0 unspecified atom stereocenters. The molecule has 0 radical (unpaired) electrons. The van der Waals surface area contributed by atoms with E-state index in [2.05, 4.69) is 0 Å². The Bertz CT molecular complexity index is 329. The maximum absolute atomic E-state index is 13.1. The molecule has 1 aliphatic carbocycles. The first-order valence-electron chi connectivity index (χ1n) is 5.09. The van der Waals surface area contributed by atoms with Gasteiger partial charge in [-0.2, -0.15) is 0 Å². The summed E-state index contributed by atoms with van der Waals surface area (Å²) in [6.07, 6.45) is 0.259. The molecule has 0 N–H and O–H groups in total. The lowest BCUT2D eigenvalue weighted by Crippen LogP contribution is -2.44. The van der Waals surface area contributed by atoms with Gasteiger partial charge in [0.1, 0.15) is 0 Å². The van der Waals surface area contributed by atoms with Crippen LogP contribution < -0.4 is 0 Å². The number of ketones is 1. The molecule has 3 nitrogen and oxygen atoms in total. The lowest BCUT2D eigenvalue weighted by Gasteiger charge is -2.26. The van der Waals surface area contributed by atoms with E-state index in [0.29, 0.717) is 0 Å². The summed E-state index contributed by atoms with van der Waals surface area (Å²) in [7, 11) is 0. The third-order valence-corrected chi connectivity index (χ3v) is 3.37. The monoisotopic (exact) mass is 217 g/mol. The second-order valence-electron chi connectivity index (χ2n) is 4.26. The summed E-state index contributed by atoms with van der Waals surface area (Å²) >= 11 is 0. The van der Waals surface area contributed by atoms with Crippen molar-refractivity contribution in [3.8, 4) is 0 Å². The molecule has 0 aromatic rings. The number of piperidine rings is 1. The number of hydrogen-bond acceptors (Lipinski definition) is 2. The lowest BCUT2D eigenvalue weighted by molar-refractivity contribution is -0.140. The van der Waals surface area contributed by atoms with Crippen LogP contribution in [0.25, 0.3) is 0 Å². The predicted octanol–water partition coefficient (Wildman–Crippen LogP) is 1.08. The quantitative estimate of drug-likeness (QED) is 0.694. The van der Waals surface area contributed by atoms with E-state index < -0.39 is 23.8 Å². The van der Waals surface area contributed by atoms with E-state index in [-0.39, 0.29) is 24.7 Å². The molecule has 1 aliphatic heterocycles. The first-order valence-corrected chi connectivity index (χ1v) is 5.09. The van der Waals surface area contributed by atoms with Crippen LogP contribution >= 0.6 is 0 Å². The molecule has 1 saturated carbocycles. The van der Waals surface area contributed by atoms with Crippen LogP contribution in [-0.4, -0.2) is 35.1 Å². The maximum atomic E-state index is 13.1. The van der Waals surface area contributed by atoms with E-state index in [4.69, 9.17) is 0 Å². The maximum Gasteiger partial charge on any atom is 0.258 e. The summed E-state index contributed by atoms with van der Waals surface area (Å²) in [6.45, 7) is 2.98. The number of carbonyl (C=O) groups is 2. The Kier molecular flexibility index (Phi) is 2.10. The minimum Gasteiger partial charge on any atom is -0.332 e. The van der Waals surface area contributed by atoms with Crippen molar-refractivity contribution in [1.29, 1.82) is 0 Å². The van der Waals surface area contributed by atoms with E-state index in [0.717, 1.165) is 0 Å². The van der Waals surface area contributed by atoms with Gasteiger partial charge >= 0.3 is 0 Å². The van der Waals surface area contributed by atoms with E-state index in [9.17, 15) is 18.4 Å². The highest BCUT2D eigenvalue weighted by atomic mass is 19.3. The molecule has 2 rings (SSSR count). The first kappa shape index (κ1) is 10.5. The van der Waals surface area contributed by atoms with Crippen LogP contribution in [-0.2, 0) is 9.59 Å². The number of amides is 1. The molecule has 1 heterocycles. The summed E-state index contributed by atoms with van der Waals surface area (Å²) in [6, 6.07) is -0.891. The van der Waals surface area contributed by atoms with Crippen molar-refractivity contribution in [1.82, 2.24) is 4.90 Å². The van der Waals surface area contributed by atoms with Crippen molar-refractivity contribution in [2.24, 2.45) is 11.8 Å². The Morgan fingerprint density at radius 2 is 2.07 bits per heavy atom. The Morgan fingerprint density at radius 3 is 2.53 bits per heavy atom. The van der Waals surface area contributed by atoms with Crippen molar-refractivity contribution in [3.63, 3.8) is 0 Å². The number of carbonyl (C=O) groups excluding carboxylic acids is 2. The molecule has 3 atom stereocenters. The second kappa shape index (κ2) is 3.00. The van der Waals surface area contributed by atoms with Crippen LogP contribution in [0.2, 0.25) is 0 Å². The van der Waals surface area contributed by atoms with Crippen molar-refractivity contribution >= 4 is 11.7 Å². The highest BCUT2D eigenvalue weighted by Gasteiger charge is 2.76. The standard InChI is InChI=1S/C10H13F2NO2/c1-3-7(15)13-4-6-8(10(6,11)12)9(13)5(2)14/h6,8-9H,3-4H2,1-2H3/t6-,8-,9+/m0/s1. The SMILES string of the molecule is CCC(=O)N1C[C@H]2[C@@H]([C@H]1C(C)=O)C2(F)F. The fourth-order valence-corrected chi connectivity index (χ4v) is 2.53. The van der Waals surface area contributed by atoms with Gasteiger partial charge in [-0.3, -0.25) is 9.59 Å². The molecule has 1 amide bonds. The average Bonchev–Trinajstić information content (AvgIpc) is 2.60. The molecule has 1 saturated heterocycles. The van der Waals surface area contributed by atoms with Crippen LogP contribution in [0.3, 0.4) is 0 Å². The van der Waals surface area contributed by atoms with Gasteiger partial charge in [0.05, 0.1) is 17.9 Å². The van der Waals surface area contributed by atoms with Gasteiger partial charge < -0.3 is 4.90 Å². The van der Waals surface area contributed by atoms with Gasteiger partial charge in [-0.25, -0.2) is 8.78 Å². The molecule has 0 bridgehead atoms. The van der Waals surface area contributed by atoms with Gasteiger partial charge in [0, 0.05) is 13.0 Å². The van der Waals surface area contributed by atoms with Crippen molar-refractivity contribution in [3.05, 3.63) is 0 Å². The minimum atomic E-state index is -2.74. The number of rotatable bonds is 2. The minimum absolute atomic E-state index is 0.0363. The van der Waals surface area contributed by atoms with Crippen LogP contribution in [0, 0.1) is 11.8 Å². The molecule has 84 valence electrons. The van der Waals surface area contributed by atoms with E-state index in [1.807, 2.05) is 0 Å². The van der Waals surface area contributed by atoms with Crippen molar-refractivity contribution in [2.45, 2.75) is 32.2 Å². The zero-order valence-electron chi connectivity index (χ0n) is 8.67. The normalized spacial score (nSPS) is 36.3. The Balaban J connectivity index is 2.19. The average molecular weight is 217 g/mol. The number of hydrogen-bond donors (Lipinski definition) is 0. The topological polar surface area (TPSA) is 37.4 Å². The zero-order valence-corrected chi connectivity index (χ0v) is 8.67. The molecule has 15 heavy (non-hydrogen) atoms. The van der Waals surface area contributed by atoms with Gasteiger partial charge in [0.25, 0.3) is 5.92 Å². The summed E-state index contributed by atoms with van der Waals surface area (Å²) in [4.78, 5) is 24.0. The summed E-state index contributed by atoms with van der Waals surface area (Å²) in [5.41, 5.74) is 0. The highest BCUT2D eigenvalue weighted by Crippen LogP contribution is 2.62. The van der Waals surface area contributed by atoms with Crippen LogP contribution in [0.4, 0.5) is 8.78 Å². The first-order chi connectivity index (χ1) is 6.91. The molecular formula is C10H13F2NO2. The van der Waals surface area contributed by atoms with Gasteiger partial charge in [0.2, 0.25) is 5.91 Å². The predicted molar refractivity (Wildman–Crippen MR) is 48.4 cm³/mol. The molecular weight excluding hydrogens is 204 g/mol. The third-order valence-electron chi connectivity index (χ3n) is 3.37. The molecule has 0 aromatic carbocycles. The molecule has 5 heteroatoms. The van der Waals surface area contributed by atoms with Gasteiger partial charge in [-0.05, 0) is 6.92 Å². The second-order valence-corrected chi connectivity index (χ2v) is 4.26. The smallest absolute Gasteiger partial charge is 0.258 e. The summed E-state index contributed by atoms with van der Waals surface area (Å²) in [5.74, 6) is -4.99. The summed E-state index contributed by atoms with van der Waals surface area (Å²) < 4.78 is 26.2. The van der Waals surface area contributed by atoms with Gasteiger partial charge in [0.15, 0.2) is 5.78 Å². The lowest BCUT2D eigenvalue weighted by atomic mass is 10.1. The van der Waals surface area contributed by atoms with E-state index >= 15 is 0 Å². The third kappa shape index (κ3) is 1.28. The Labute approximate surface area is 86.4 Å². The van der Waals surface area contributed by atoms with Gasteiger partial charge in [-0.15, -0.1) is 0 Å². The number of nitrogens with zero attached hydrogens (tertiary/aromatic N) is 1. The molecule has 2 aliphatic rings. The fraction of sp³-hybridized carbons (Fsp3) is 0.800. The fourth-order valence-electron chi connectivity index (χ4n) is 2.53. The highest BCUT2D eigenvalue weighted by molar-refractivity contribution is 5.89. The number of halogens is 2. The Morgan fingerprint density at radius 1 is 1.47 bits per heavy atom. The number of alkyl halides is 2. The van der Waals surface area contributed by atoms with Crippen LogP contribution in [0.5, 0.6) is 0 Å². The van der Waals surface area contributed by atoms with E-state index in [1.54, 1.807) is 6.92 Å². The van der Waals surface area contributed by atoms with Crippen LogP contribution in [0.15, 0.2) is 0 Å². The molecule has 2 fully saturated rings. The Hall–Kier alpha value is -1.00.